The number of aliphatic hydroxyl groups excluding tert-OH is 1. The molecular formula is C15H25NO4. The zero-order valence-corrected chi connectivity index (χ0v) is 12.7. The third-order valence-corrected chi connectivity index (χ3v) is 3.22. The SMILES string of the molecule is COc1cc(OC)c(OC)cc1CNC(C)CCCO. The second kappa shape index (κ2) is 8.66. The van der Waals surface area contributed by atoms with E-state index in [1.807, 2.05) is 12.1 Å². The summed E-state index contributed by atoms with van der Waals surface area (Å²) in [4.78, 5) is 0. The number of benzene rings is 1. The molecule has 0 amide bonds. The van der Waals surface area contributed by atoms with Gasteiger partial charge in [-0.1, -0.05) is 0 Å². The van der Waals surface area contributed by atoms with Crippen LogP contribution in [0.2, 0.25) is 0 Å². The highest BCUT2D eigenvalue weighted by Crippen LogP contribution is 2.34. The van der Waals surface area contributed by atoms with Gasteiger partial charge < -0.3 is 24.6 Å². The first kappa shape index (κ1) is 16.6. The number of ether oxygens (including phenoxy) is 3. The van der Waals surface area contributed by atoms with E-state index in [1.54, 1.807) is 21.3 Å². The smallest absolute Gasteiger partial charge is 0.164 e. The summed E-state index contributed by atoms with van der Waals surface area (Å²) >= 11 is 0. The molecule has 0 aliphatic carbocycles. The maximum Gasteiger partial charge on any atom is 0.164 e. The molecule has 1 aromatic carbocycles. The third kappa shape index (κ3) is 4.58. The minimum atomic E-state index is 0.228. The summed E-state index contributed by atoms with van der Waals surface area (Å²) in [6.45, 7) is 3.00. The molecule has 1 aromatic rings. The average molecular weight is 283 g/mol. The fourth-order valence-corrected chi connectivity index (χ4v) is 2.01. The Kier molecular flexibility index (Phi) is 7.18. The first-order valence-corrected chi connectivity index (χ1v) is 6.79. The Morgan fingerprint density at radius 2 is 1.65 bits per heavy atom. The van der Waals surface area contributed by atoms with E-state index < -0.39 is 0 Å². The van der Waals surface area contributed by atoms with Crippen LogP contribution >= 0.6 is 0 Å². The predicted molar refractivity (Wildman–Crippen MR) is 78.7 cm³/mol. The lowest BCUT2D eigenvalue weighted by Gasteiger charge is -2.17. The number of hydrogen-bond donors (Lipinski definition) is 2. The van der Waals surface area contributed by atoms with Crippen LogP contribution < -0.4 is 19.5 Å². The molecule has 0 radical (unpaired) electrons. The molecule has 0 saturated carbocycles. The normalized spacial score (nSPS) is 12.1. The van der Waals surface area contributed by atoms with Crippen molar-refractivity contribution in [3.63, 3.8) is 0 Å². The Morgan fingerprint density at radius 1 is 1.05 bits per heavy atom. The quantitative estimate of drug-likeness (QED) is 0.725. The van der Waals surface area contributed by atoms with Gasteiger partial charge in [0.05, 0.1) is 21.3 Å². The standard InChI is InChI=1S/C15H25NO4/c1-11(6-5-7-17)16-10-12-8-14(19-3)15(20-4)9-13(12)18-2/h8-9,11,16-17H,5-7,10H2,1-4H3. The van der Waals surface area contributed by atoms with Gasteiger partial charge in [0.2, 0.25) is 0 Å². The van der Waals surface area contributed by atoms with Crippen LogP contribution in [0, 0.1) is 0 Å². The highest BCUT2D eigenvalue weighted by Gasteiger charge is 2.12. The van der Waals surface area contributed by atoms with Crippen molar-refractivity contribution in [2.75, 3.05) is 27.9 Å². The van der Waals surface area contributed by atoms with Crippen LogP contribution in [-0.2, 0) is 6.54 Å². The van der Waals surface area contributed by atoms with Gasteiger partial charge in [-0.05, 0) is 25.8 Å². The summed E-state index contributed by atoms with van der Waals surface area (Å²) in [5.41, 5.74) is 1.01. The van der Waals surface area contributed by atoms with Crippen LogP contribution in [0.1, 0.15) is 25.3 Å². The van der Waals surface area contributed by atoms with E-state index in [0.29, 0.717) is 24.1 Å². The topological polar surface area (TPSA) is 60.0 Å². The summed E-state index contributed by atoms with van der Waals surface area (Å²) in [7, 11) is 4.86. The van der Waals surface area contributed by atoms with Crippen molar-refractivity contribution in [1.82, 2.24) is 5.32 Å². The van der Waals surface area contributed by atoms with E-state index in [0.717, 1.165) is 24.2 Å². The van der Waals surface area contributed by atoms with Crippen LogP contribution in [0.25, 0.3) is 0 Å². The van der Waals surface area contributed by atoms with Crippen LogP contribution in [0.3, 0.4) is 0 Å². The summed E-state index contributed by atoms with van der Waals surface area (Å²) in [5, 5.41) is 12.2. The van der Waals surface area contributed by atoms with Crippen molar-refractivity contribution < 1.29 is 19.3 Å². The van der Waals surface area contributed by atoms with Gasteiger partial charge in [-0.2, -0.15) is 0 Å². The molecule has 2 N–H and O–H groups in total. The molecule has 0 bridgehead atoms. The summed E-state index contributed by atoms with van der Waals surface area (Å²) < 4.78 is 16.0. The van der Waals surface area contributed by atoms with Crippen molar-refractivity contribution in [3.05, 3.63) is 17.7 Å². The van der Waals surface area contributed by atoms with E-state index in [2.05, 4.69) is 12.2 Å². The van der Waals surface area contributed by atoms with Gasteiger partial charge in [0.1, 0.15) is 5.75 Å². The Labute approximate surface area is 120 Å². The number of methoxy groups -OCH3 is 3. The number of aliphatic hydroxyl groups is 1. The zero-order valence-electron chi connectivity index (χ0n) is 12.7. The molecule has 1 atom stereocenters. The van der Waals surface area contributed by atoms with Crippen molar-refractivity contribution in [3.8, 4) is 17.2 Å². The fourth-order valence-electron chi connectivity index (χ4n) is 2.01. The maximum atomic E-state index is 8.83. The predicted octanol–water partition coefficient (Wildman–Crippen LogP) is 1.96. The fraction of sp³-hybridized carbons (Fsp3) is 0.600. The molecule has 0 aliphatic rings. The minimum Gasteiger partial charge on any atom is -0.496 e. The Hall–Kier alpha value is -1.46. The molecule has 0 heterocycles. The average Bonchev–Trinajstić information content (AvgIpc) is 2.49. The molecule has 1 rings (SSSR count). The molecule has 1 unspecified atom stereocenters. The molecule has 0 aromatic heterocycles. The molecule has 114 valence electrons. The highest BCUT2D eigenvalue weighted by molar-refractivity contribution is 5.50. The van der Waals surface area contributed by atoms with Crippen LogP contribution in [0.5, 0.6) is 17.2 Å². The lowest BCUT2D eigenvalue weighted by Crippen LogP contribution is -2.25. The Balaban J connectivity index is 2.77. The van der Waals surface area contributed by atoms with E-state index in [-0.39, 0.29) is 6.61 Å². The van der Waals surface area contributed by atoms with Crippen molar-refractivity contribution >= 4 is 0 Å². The molecule has 0 fully saturated rings. The Morgan fingerprint density at radius 3 is 2.20 bits per heavy atom. The molecule has 20 heavy (non-hydrogen) atoms. The first-order chi connectivity index (χ1) is 9.65. The van der Waals surface area contributed by atoms with Gasteiger partial charge in [0.15, 0.2) is 11.5 Å². The van der Waals surface area contributed by atoms with Gasteiger partial charge in [-0.15, -0.1) is 0 Å². The van der Waals surface area contributed by atoms with E-state index in [1.165, 1.54) is 0 Å². The summed E-state index contributed by atoms with van der Waals surface area (Å²) in [6, 6.07) is 4.08. The molecular weight excluding hydrogens is 258 g/mol. The number of hydrogen-bond acceptors (Lipinski definition) is 5. The monoisotopic (exact) mass is 283 g/mol. The Bertz CT molecular complexity index is 409. The van der Waals surface area contributed by atoms with Gasteiger partial charge in [-0.3, -0.25) is 0 Å². The number of rotatable bonds is 9. The van der Waals surface area contributed by atoms with Gasteiger partial charge >= 0.3 is 0 Å². The van der Waals surface area contributed by atoms with Crippen molar-refractivity contribution in [1.29, 1.82) is 0 Å². The van der Waals surface area contributed by atoms with Crippen LogP contribution in [0.15, 0.2) is 12.1 Å². The first-order valence-electron chi connectivity index (χ1n) is 6.79. The largest absolute Gasteiger partial charge is 0.496 e. The van der Waals surface area contributed by atoms with Gasteiger partial charge in [-0.25, -0.2) is 0 Å². The maximum absolute atomic E-state index is 8.83. The second-order valence-corrected chi connectivity index (χ2v) is 4.67. The van der Waals surface area contributed by atoms with Crippen molar-refractivity contribution in [2.45, 2.75) is 32.4 Å². The molecule has 5 heteroatoms. The highest BCUT2D eigenvalue weighted by atomic mass is 16.5. The van der Waals surface area contributed by atoms with Crippen molar-refractivity contribution in [2.24, 2.45) is 0 Å². The second-order valence-electron chi connectivity index (χ2n) is 4.67. The summed E-state index contributed by atoms with van der Waals surface area (Å²) in [6.07, 6.45) is 1.74. The lowest BCUT2D eigenvalue weighted by atomic mass is 10.1. The van der Waals surface area contributed by atoms with E-state index in [4.69, 9.17) is 19.3 Å². The van der Waals surface area contributed by atoms with Crippen LogP contribution in [0.4, 0.5) is 0 Å². The van der Waals surface area contributed by atoms with Gasteiger partial charge in [0.25, 0.3) is 0 Å². The molecule has 0 spiro atoms. The third-order valence-electron chi connectivity index (χ3n) is 3.22. The van der Waals surface area contributed by atoms with E-state index in [9.17, 15) is 0 Å². The molecule has 0 aliphatic heterocycles. The van der Waals surface area contributed by atoms with Gasteiger partial charge in [0, 0.05) is 30.8 Å². The summed E-state index contributed by atoms with van der Waals surface area (Å²) in [5.74, 6) is 2.11. The lowest BCUT2D eigenvalue weighted by molar-refractivity contribution is 0.276. The zero-order chi connectivity index (χ0) is 15.0. The van der Waals surface area contributed by atoms with E-state index >= 15 is 0 Å². The minimum absolute atomic E-state index is 0.228. The molecule has 5 nitrogen and oxygen atoms in total. The molecule has 0 saturated heterocycles. The van der Waals surface area contributed by atoms with Crippen LogP contribution in [-0.4, -0.2) is 39.1 Å². The number of nitrogens with one attached hydrogen (secondary N) is 1.